The molecule has 1 aliphatic heterocycles. The first kappa shape index (κ1) is 17.8. The summed E-state index contributed by atoms with van der Waals surface area (Å²) in [5, 5.41) is 3.70. The second-order valence-corrected chi connectivity index (χ2v) is 6.36. The second-order valence-electron chi connectivity index (χ2n) is 6.36. The maximum Gasteiger partial charge on any atom is 0.165 e. The number of benzene rings is 1. The SMILES string of the molecule is COc1cccc(CNC(c2nccn2C)C2CCOCC2)c1OC. The third kappa shape index (κ3) is 3.96. The lowest BCUT2D eigenvalue weighted by Crippen LogP contribution is -2.33. The maximum atomic E-state index is 5.55. The van der Waals surface area contributed by atoms with E-state index in [-0.39, 0.29) is 6.04 Å². The summed E-state index contributed by atoms with van der Waals surface area (Å²) >= 11 is 0. The molecule has 0 bridgehead atoms. The van der Waals surface area contributed by atoms with E-state index in [2.05, 4.69) is 20.9 Å². The lowest BCUT2D eigenvalue weighted by atomic mass is 9.91. The quantitative estimate of drug-likeness (QED) is 0.836. The van der Waals surface area contributed by atoms with Gasteiger partial charge in [-0.3, -0.25) is 0 Å². The lowest BCUT2D eigenvalue weighted by Gasteiger charge is -2.31. The van der Waals surface area contributed by atoms with E-state index in [1.54, 1.807) is 14.2 Å². The number of imidazole rings is 1. The van der Waals surface area contributed by atoms with Gasteiger partial charge in [-0.15, -0.1) is 0 Å². The summed E-state index contributed by atoms with van der Waals surface area (Å²) in [6.07, 6.45) is 5.94. The van der Waals surface area contributed by atoms with Gasteiger partial charge >= 0.3 is 0 Å². The van der Waals surface area contributed by atoms with Gasteiger partial charge in [0.1, 0.15) is 5.82 Å². The van der Waals surface area contributed by atoms with Gasteiger partial charge in [-0.2, -0.15) is 0 Å². The van der Waals surface area contributed by atoms with Crippen LogP contribution in [-0.2, 0) is 18.3 Å². The maximum absolute atomic E-state index is 5.55. The van der Waals surface area contributed by atoms with Gasteiger partial charge in [0, 0.05) is 44.8 Å². The van der Waals surface area contributed by atoms with Crippen LogP contribution in [0.1, 0.15) is 30.3 Å². The molecular formula is C19H27N3O3. The van der Waals surface area contributed by atoms with E-state index in [9.17, 15) is 0 Å². The van der Waals surface area contributed by atoms with Crippen molar-refractivity contribution in [3.63, 3.8) is 0 Å². The molecule has 0 spiro atoms. The molecular weight excluding hydrogens is 318 g/mol. The van der Waals surface area contributed by atoms with Crippen LogP contribution in [0.25, 0.3) is 0 Å². The summed E-state index contributed by atoms with van der Waals surface area (Å²) < 4.78 is 18.6. The Balaban J connectivity index is 1.80. The molecule has 0 saturated carbocycles. The molecule has 1 unspecified atom stereocenters. The van der Waals surface area contributed by atoms with Crippen LogP contribution < -0.4 is 14.8 Å². The van der Waals surface area contributed by atoms with Crippen LogP contribution in [0.15, 0.2) is 30.6 Å². The monoisotopic (exact) mass is 345 g/mol. The number of methoxy groups -OCH3 is 2. The molecule has 1 aromatic carbocycles. The zero-order chi connectivity index (χ0) is 17.6. The average molecular weight is 345 g/mol. The van der Waals surface area contributed by atoms with E-state index >= 15 is 0 Å². The first-order chi connectivity index (χ1) is 12.2. The van der Waals surface area contributed by atoms with E-state index in [1.807, 2.05) is 31.6 Å². The summed E-state index contributed by atoms with van der Waals surface area (Å²) in [7, 11) is 5.38. The zero-order valence-electron chi connectivity index (χ0n) is 15.2. The summed E-state index contributed by atoms with van der Waals surface area (Å²) in [4.78, 5) is 4.58. The smallest absolute Gasteiger partial charge is 0.165 e. The minimum absolute atomic E-state index is 0.180. The fourth-order valence-corrected chi connectivity index (χ4v) is 3.51. The van der Waals surface area contributed by atoms with Crippen LogP contribution in [0.2, 0.25) is 0 Å². The van der Waals surface area contributed by atoms with E-state index in [4.69, 9.17) is 14.2 Å². The molecule has 0 aliphatic carbocycles. The molecule has 1 saturated heterocycles. The number of nitrogens with one attached hydrogen (secondary N) is 1. The molecule has 1 N–H and O–H groups in total. The predicted octanol–water partition coefficient (Wildman–Crippen LogP) is 2.69. The molecule has 1 fully saturated rings. The molecule has 3 rings (SSSR count). The van der Waals surface area contributed by atoms with Crippen LogP contribution in [0.4, 0.5) is 0 Å². The Morgan fingerprint density at radius 1 is 1.28 bits per heavy atom. The first-order valence-electron chi connectivity index (χ1n) is 8.72. The molecule has 1 aromatic heterocycles. The van der Waals surface area contributed by atoms with Crippen molar-refractivity contribution in [2.45, 2.75) is 25.4 Å². The summed E-state index contributed by atoms with van der Waals surface area (Å²) in [5.41, 5.74) is 1.08. The highest BCUT2D eigenvalue weighted by atomic mass is 16.5. The number of nitrogens with zero attached hydrogens (tertiary/aromatic N) is 2. The van der Waals surface area contributed by atoms with Crippen molar-refractivity contribution in [2.24, 2.45) is 13.0 Å². The van der Waals surface area contributed by atoms with Crippen molar-refractivity contribution in [1.29, 1.82) is 0 Å². The Morgan fingerprint density at radius 2 is 2.08 bits per heavy atom. The summed E-state index contributed by atoms with van der Waals surface area (Å²) in [5.74, 6) is 3.10. The van der Waals surface area contributed by atoms with Crippen molar-refractivity contribution in [3.8, 4) is 11.5 Å². The fraction of sp³-hybridized carbons (Fsp3) is 0.526. The largest absolute Gasteiger partial charge is 0.493 e. The van der Waals surface area contributed by atoms with Gasteiger partial charge in [0.25, 0.3) is 0 Å². The normalized spacial score (nSPS) is 16.6. The summed E-state index contributed by atoms with van der Waals surface area (Å²) in [6.45, 7) is 2.32. The average Bonchev–Trinajstić information content (AvgIpc) is 3.08. The predicted molar refractivity (Wildman–Crippen MR) is 95.9 cm³/mol. The van der Waals surface area contributed by atoms with Gasteiger partial charge in [0.2, 0.25) is 0 Å². The minimum atomic E-state index is 0.180. The third-order valence-electron chi connectivity index (χ3n) is 4.87. The van der Waals surface area contributed by atoms with Crippen molar-refractivity contribution in [1.82, 2.24) is 14.9 Å². The van der Waals surface area contributed by atoms with Gasteiger partial charge < -0.3 is 24.1 Å². The molecule has 1 atom stereocenters. The number of rotatable bonds is 7. The van der Waals surface area contributed by atoms with E-state index in [1.165, 1.54) is 0 Å². The van der Waals surface area contributed by atoms with Gasteiger partial charge in [-0.1, -0.05) is 12.1 Å². The molecule has 0 radical (unpaired) electrons. The topological polar surface area (TPSA) is 57.5 Å². The van der Waals surface area contributed by atoms with Crippen molar-refractivity contribution in [2.75, 3.05) is 27.4 Å². The van der Waals surface area contributed by atoms with E-state index in [0.29, 0.717) is 12.5 Å². The molecule has 2 heterocycles. The Morgan fingerprint density at radius 3 is 2.72 bits per heavy atom. The number of hydrogen-bond donors (Lipinski definition) is 1. The fourth-order valence-electron chi connectivity index (χ4n) is 3.51. The van der Waals surface area contributed by atoms with Crippen LogP contribution in [-0.4, -0.2) is 37.0 Å². The Kier molecular flexibility index (Phi) is 5.94. The van der Waals surface area contributed by atoms with Crippen LogP contribution in [0.3, 0.4) is 0 Å². The highest BCUT2D eigenvalue weighted by molar-refractivity contribution is 5.46. The number of hydrogen-bond acceptors (Lipinski definition) is 5. The van der Waals surface area contributed by atoms with E-state index in [0.717, 1.165) is 48.9 Å². The molecule has 6 nitrogen and oxygen atoms in total. The number of ether oxygens (including phenoxy) is 3. The Labute approximate surface area is 149 Å². The minimum Gasteiger partial charge on any atom is -0.493 e. The standard InChI is InChI=1S/C19H27N3O3/c1-22-10-9-20-19(22)17(14-7-11-25-12-8-14)21-13-15-5-4-6-16(23-2)18(15)24-3/h4-6,9-10,14,17,21H,7-8,11-13H2,1-3H3. The van der Waals surface area contributed by atoms with Gasteiger partial charge in [0.05, 0.1) is 20.3 Å². The van der Waals surface area contributed by atoms with Gasteiger partial charge in [-0.25, -0.2) is 4.98 Å². The molecule has 6 heteroatoms. The van der Waals surface area contributed by atoms with Crippen LogP contribution >= 0.6 is 0 Å². The Hall–Kier alpha value is -2.05. The van der Waals surface area contributed by atoms with E-state index < -0.39 is 0 Å². The number of aromatic nitrogens is 2. The van der Waals surface area contributed by atoms with Crippen molar-refractivity contribution < 1.29 is 14.2 Å². The molecule has 25 heavy (non-hydrogen) atoms. The Bertz CT molecular complexity index is 680. The highest BCUT2D eigenvalue weighted by Gasteiger charge is 2.28. The summed E-state index contributed by atoms with van der Waals surface area (Å²) in [6, 6.07) is 6.15. The van der Waals surface area contributed by atoms with Gasteiger partial charge in [0.15, 0.2) is 11.5 Å². The third-order valence-corrected chi connectivity index (χ3v) is 4.87. The van der Waals surface area contributed by atoms with Crippen molar-refractivity contribution in [3.05, 3.63) is 42.0 Å². The number of para-hydroxylation sites is 1. The molecule has 1 aliphatic rings. The highest BCUT2D eigenvalue weighted by Crippen LogP contribution is 2.33. The molecule has 2 aromatic rings. The first-order valence-corrected chi connectivity index (χ1v) is 8.72. The van der Waals surface area contributed by atoms with Crippen LogP contribution in [0.5, 0.6) is 11.5 Å². The lowest BCUT2D eigenvalue weighted by molar-refractivity contribution is 0.0518. The van der Waals surface area contributed by atoms with Crippen LogP contribution in [0, 0.1) is 5.92 Å². The zero-order valence-corrected chi connectivity index (χ0v) is 15.2. The molecule has 136 valence electrons. The van der Waals surface area contributed by atoms with Crippen molar-refractivity contribution >= 4 is 0 Å². The van der Waals surface area contributed by atoms with Gasteiger partial charge in [-0.05, 0) is 24.8 Å². The molecule has 0 amide bonds. The number of aryl methyl sites for hydroxylation is 1. The second kappa shape index (κ2) is 8.36.